The summed E-state index contributed by atoms with van der Waals surface area (Å²) in [6, 6.07) is 13.0. The number of rotatable bonds is 7. The van der Waals surface area contributed by atoms with Crippen LogP contribution in [0, 0.1) is 11.7 Å². The number of piperidine rings is 1. The van der Waals surface area contributed by atoms with E-state index in [-0.39, 0.29) is 36.1 Å². The number of urea groups is 1. The van der Waals surface area contributed by atoms with Gasteiger partial charge in [-0.2, -0.15) is 0 Å². The van der Waals surface area contributed by atoms with Crippen LogP contribution in [-0.2, 0) is 16.1 Å². The summed E-state index contributed by atoms with van der Waals surface area (Å²) in [5.41, 5.74) is 1.61. The summed E-state index contributed by atoms with van der Waals surface area (Å²) in [4.78, 5) is 38.7. The van der Waals surface area contributed by atoms with Gasteiger partial charge >= 0.3 is 6.03 Å². The normalized spacial score (nSPS) is 15.7. The highest BCUT2D eigenvalue weighted by atomic mass is 19.1. The number of nitrogens with one attached hydrogen (secondary N) is 3. The van der Waals surface area contributed by atoms with E-state index in [1.54, 1.807) is 47.4 Å². The third-order valence-corrected chi connectivity index (χ3v) is 5.36. The number of benzene rings is 2. The molecule has 0 aliphatic carbocycles. The molecule has 1 fully saturated rings. The zero-order valence-electron chi connectivity index (χ0n) is 18.2. The molecule has 1 aliphatic rings. The molecule has 4 amide bonds. The highest BCUT2D eigenvalue weighted by Gasteiger charge is 2.28. The van der Waals surface area contributed by atoms with E-state index in [1.165, 1.54) is 6.07 Å². The van der Waals surface area contributed by atoms with Gasteiger partial charge < -0.3 is 20.9 Å². The summed E-state index contributed by atoms with van der Waals surface area (Å²) >= 11 is 0. The Balaban J connectivity index is 1.53. The number of hydrogen-bond acceptors (Lipinski definition) is 3. The summed E-state index contributed by atoms with van der Waals surface area (Å²) in [6.07, 6.45) is 2.57. The van der Waals surface area contributed by atoms with Crippen LogP contribution in [-0.4, -0.2) is 35.8 Å². The van der Waals surface area contributed by atoms with Crippen LogP contribution < -0.4 is 16.0 Å². The van der Waals surface area contributed by atoms with Crippen molar-refractivity contribution < 1.29 is 18.8 Å². The lowest BCUT2D eigenvalue weighted by atomic mass is 9.97. The van der Waals surface area contributed by atoms with Gasteiger partial charge in [-0.25, -0.2) is 9.18 Å². The molecule has 0 saturated carbocycles. The topological polar surface area (TPSA) is 90.5 Å². The molecule has 1 aliphatic heterocycles. The van der Waals surface area contributed by atoms with E-state index >= 15 is 0 Å². The monoisotopic (exact) mass is 440 g/mol. The van der Waals surface area contributed by atoms with Crippen molar-refractivity contribution in [3.8, 4) is 0 Å². The minimum Gasteiger partial charge on any atom is -0.352 e. The Kier molecular flexibility index (Phi) is 8.19. The Hall–Kier alpha value is -3.42. The second kappa shape index (κ2) is 11.3. The maximum Gasteiger partial charge on any atom is 0.321 e. The van der Waals surface area contributed by atoms with Gasteiger partial charge in [0.1, 0.15) is 5.82 Å². The number of anilines is 2. The quantitative estimate of drug-likeness (QED) is 0.605. The van der Waals surface area contributed by atoms with Crippen LogP contribution in [0.1, 0.15) is 38.2 Å². The van der Waals surface area contributed by atoms with Gasteiger partial charge in [0.25, 0.3) is 0 Å². The molecule has 1 unspecified atom stereocenters. The molecule has 2 aromatic carbocycles. The van der Waals surface area contributed by atoms with Gasteiger partial charge in [0.2, 0.25) is 11.8 Å². The van der Waals surface area contributed by atoms with Crippen molar-refractivity contribution >= 4 is 29.2 Å². The van der Waals surface area contributed by atoms with E-state index in [4.69, 9.17) is 0 Å². The van der Waals surface area contributed by atoms with Crippen LogP contribution in [0.5, 0.6) is 0 Å². The Morgan fingerprint density at radius 1 is 1.06 bits per heavy atom. The predicted octanol–water partition coefficient (Wildman–Crippen LogP) is 4.12. The molecule has 0 spiro atoms. The Bertz CT molecular complexity index is 966. The number of amides is 4. The molecule has 2 aromatic rings. The molecule has 0 bridgehead atoms. The molecule has 3 rings (SSSR count). The van der Waals surface area contributed by atoms with Crippen molar-refractivity contribution in [3.63, 3.8) is 0 Å². The summed E-state index contributed by atoms with van der Waals surface area (Å²) in [5.74, 6) is -0.964. The number of carbonyl (C=O) groups is 3. The van der Waals surface area contributed by atoms with Crippen molar-refractivity contribution in [2.75, 3.05) is 23.7 Å². The molecular weight excluding hydrogens is 411 g/mol. The van der Waals surface area contributed by atoms with Crippen LogP contribution in [0.2, 0.25) is 0 Å². The van der Waals surface area contributed by atoms with E-state index in [1.807, 2.05) is 6.92 Å². The average molecular weight is 441 g/mol. The van der Waals surface area contributed by atoms with Crippen molar-refractivity contribution in [2.24, 2.45) is 5.92 Å². The van der Waals surface area contributed by atoms with Crippen molar-refractivity contribution in [1.82, 2.24) is 10.2 Å². The lowest BCUT2D eigenvalue weighted by molar-refractivity contribution is -0.126. The molecule has 1 atom stereocenters. The molecule has 32 heavy (non-hydrogen) atoms. The van der Waals surface area contributed by atoms with Gasteiger partial charge in [0.05, 0.1) is 5.92 Å². The minimum absolute atomic E-state index is 0.0729. The van der Waals surface area contributed by atoms with E-state index < -0.39 is 0 Å². The fourth-order valence-electron chi connectivity index (χ4n) is 3.67. The van der Waals surface area contributed by atoms with Crippen LogP contribution in [0.4, 0.5) is 20.6 Å². The SMILES string of the molecule is CCCC(=O)Nc1cccc(NC(=O)N2CCCC(C(=O)NCc3ccccc3F)C2)c1. The molecule has 0 aromatic heterocycles. The first-order valence-electron chi connectivity index (χ1n) is 10.9. The smallest absolute Gasteiger partial charge is 0.321 e. The first-order chi connectivity index (χ1) is 15.5. The maximum atomic E-state index is 13.8. The first-order valence-corrected chi connectivity index (χ1v) is 10.9. The number of hydrogen-bond donors (Lipinski definition) is 3. The minimum atomic E-state index is -0.356. The highest BCUT2D eigenvalue weighted by Crippen LogP contribution is 2.20. The first kappa shape index (κ1) is 23.2. The number of likely N-dealkylation sites (tertiary alicyclic amines) is 1. The molecule has 3 N–H and O–H groups in total. The fraction of sp³-hybridized carbons (Fsp3) is 0.375. The third kappa shape index (κ3) is 6.54. The molecule has 1 heterocycles. The Labute approximate surface area is 187 Å². The van der Waals surface area contributed by atoms with E-state index in [9.17, 15) is 18.8 Å². The van der Waals surface area contributed by atoms with Crippen LogP contribution in [0.3, 0.4) is 0 Å². The summed E-state index contributed by atoms with van der Waals surface area (Å²) < 4.78 is 13.8. The largest absolute Gasteiger partial charge is 0.352 e. The molecule has 1 saturated heterocycles. The second-order valence-electron chi connectivity index (χ2n) is 7.90. The van der Waals surface area contributed by atoms with Gasteiger partial charge in [-0.05, 0) is 43.5 Å². The summed E-state index contributed by atoms with van der Waals surface area (Å²) in [6.45, 7) is 2.89. The van der Waals surface area contributed by atoms with Gasteiger partial charge in [0.15, 0.2) is 0 Å². The molecule has 8 heteroatoms. The third-order valence-electron chi connectivity index (χ3n) is 5.36. The number of halogens is 1. The van der Waals surface area contributed by atoms with Gasteiger partial charge in [0, 0.05) is 43.0 Å². The predicted molar refractivity (Wildman–Crippen MR) is 122 cm³/mol. The molecule has 0 radical (unpaired) electrons. The molecule has 170 valence electrons. The summed E-state index contributed by atoms with van der Waals surface area (Å²) in [7, 11) is 0. The lowest BCUT2D eigenvalue weighted by Crippen LogP contribution is -2.46. The van der Waals surface area contributed by atoms with Crippen LogP contribution in [0.25, 0.3) is 0 Å². The molecular formula is C24H29FN4O3. The maximum absolute atomic E-state index is 13.8. The standard InChI is InChI=1S/C24H29FN4O3/c1-2-7-22(30)27-19-10-5-11-20(14-19)28-24(32)29-13-6-9-18(16-29)23(31)26-15-17-8-3-4-12-21(17)25/h3-5,8,10-12,14,18H,2,6-7,9,13,15-16H2,1H3,(H,26,31)(H,27,30)(H,28,32). The Morgan fingerprint density at radius 2 is 1.81 bits per heavy atom. The number of carbonyl (C=O) groups excluding carboxylic acids is 3. The van der Waals surface area contributed by atoms with Crippen molar-refractivity contribution in [1.29, 1.82) is 0 Å². The fourth-order valence-corrected chi connectivity index (χ4v) is 3.67. The van der Waals surface area contributed by atoms with Crippen LogP contribution >= 0.6 is 0 Å². The van der Waals surface area contributed by atoms with E-state index in [2.05, 4.69) is 16.0 Å². The zero-order valence-corrected chi connectivity index (χ0v) is 18.2. The summed E-state index contributed by atoms with van der Waals surface area (Å²) in [5, 5.41) is 8.42. The van der Waals surface area contributed by atoms with Crippen molar-refractivity contribution in [2.45, 2.75) is 39.2 Å². The second-order valence-corrected chi connectivity index (χ2v) is 7.90. The van der Waals surface area contributed by atoms with E-state index in [0.29, 0.717) is 49.3 Å². The van der Waals surface area contributed by atoms with Gasteiger partial charge in [-0.15, -0.1) is 0 Å². The highest BCUT2D eigenvalue weighted by molar-refractivity contribution is 5.93. The molecule has 7 nitrogen and oxygen atoms in total. The van der Waals surface area contributed by atoms with E-state index in [0.717, 1.165) is 6.42 Å². The van der Waals surface area contributed by atoms with Crippen molar-refractivity contribution in [3.05, 3.63) is 59.9 Å². The number of nitrogens with zero attached hydrogens (tertiary/aromatic N) is 1. The van der Waals surface area contributed by atoms with Gasteiger partial charge in [-0.3, -0.25) is 9.59 Å². The lowest BCUT2D eigenvalue weighted by Gasteiger charge is -2.32. The zero-order chi connectivity index (χ0) is 22.9. The Morgan fingerprint density at radius 3 is 2.56 bits per heavy atom. The van der Waals surface area contributed by atoms with Crippen LogP contribution in [0.15, 0.2) is 48.5 Å². The van der Waals surface area contributed by atoms with Gasteiger partial charge in [-0.1, -0.05) is 31.2 Å². The average Bonchev–Trinajstić information content (AvgIpc) is 2.79.